The number of H-pyrrole nitrogens is 1. The molecular weight excluding hydrogens is 392 g/mol. The van der Waals surface area contributed by atoms with Crippen LogP contribution in [0, 0.1) is 12.8 Å². The van der Waals surface area contributed by atoms with Gasteiger partial charge in [0.2, 0.25) is 0 Å². The molecule has 2 atom stereocenters. The first-order valence-corrected chi connectivity index (χ1v) is 12.5. The van der Waals surface area contributed by atoms with Gasteiger partial charge >= 0.3 is 0 Å². The van der Waals surface area contributed by atoms with Crippen molar-refractivity contribution in [2.24, 2.45) is 5.92 Å². The monoisotopic (exact) mass is 430 g/mol. The summed E-state index contributed by atoms with van der Waals surface area (Å²) in [5.74, 6) is 1.90. The highest BCUT2D eigenvalue weighted by Gasteiger charge is 2.30. The van der Waals surface area contributed by atoms with Crippen LogP contribution in [-0.2, 0) is 0 Å². The molecule has 0 saturated carbocycles. The van der Waals surface area contributed by atoms with Crippen molar-refractivity contribution in [1.29, 1.82) is 0 Å². The SMILES string of the molecule is Cc1cc(-c2[nH]c3ccc(C4CCN(C5CCNCC5C)CC4)cc3c2C(C)C)ccn1. The van der Waals surface area contributed by atoms with Crippen LogP contribution in [0.1, 0.15) is 68.7 Å². The number of fused-ring (bicyclic) bond motifs is 1. The smallest absolute Gasteiger partial charge is 0.0501 e. The van der Waals surface area contributed by atoms with E-state index in [1.165, 1.54) is 78.7 Å². The molecule has 170 valence electrons. The molecule has 2 aliphatic heterocycles. The first-order chi connectivity index (χ1) is 15.5. The summed E-state index contributed by atoms with van der Waals surface area (Å²) in [6.07, 6.45) is 5.78. The van der Waals surface area contributed by atoms with Crippen LogP contribution < -0.4 is 5.32 Å². The number of hydrogen-bond donors (Lipinski definition) is 2. The van der Waals surface area contributed by atoms with Crippen molar-refractivity contribution in [2.45, 2.75) is 64.8 Å². The fraction of sp³-hybridized carbons (Fsp3) is 0.536. The third-order valence-electron chi connectivity index (χ3n) is 7.84. The highest BCUT2D eigenvalue weighted by atomic mass is 15.2. The summed E-state index contributed by atoms with van der Waals surface area (Å²) in [7, 11) is 0. The second-order valence-electron chi connectivity index (χ2n) is 10.4. The van der Waals surface area contributed by atoms with Crippen molar-refractivity contribution < 1.29 is 0 Å². The summed E-state index contributed by atoms with van der Waals surface area (Å²) in [4.78, 5) is 10.9. The van der Waals surface area contributed by atoms with Crippen LogP contribution in [0.15, 0.2) is 36.5 Å². The standard InChI is InChI=1S/C28H38N4/c1-18(2)27-24-16-22(5-6-25(24)31-28(27)23-7-12-30-20(4)15-23)21-9-13-32(14-10-21)26-8-11-29-17-19(26)3/h5-7,12,15-16,18-19,21,26,29,31H,8-11,13-14,17H2,1-4H3. The average molecular weight is 431 g/mol. The van der Waals surface area contributed by atoms with E-state index in [9.17, 15) is 0 Å². The Balaban J connectivity index is 1.41. The molecule has 5 rings (SSSR count). The van der Waals surface area contributed by atoms with Crippen LogP contribution in [0.2, 0.25) is 0 Å². The van der Waals surface area contributed by atoms with E-state index >= 15 is 0 Å². The van der Waals surface area contributed by atoms with Gasteiger partial charge in [-0.3, -0.25) is 9.88 Å². The van der Waals surface area contributed by atoms with Gasteiger partial charge < -0.3 is 10.3 Å². The summed E-state index contributed by atoms with van der Waals surface area (Å²) in [5.41, 5.74) is 7.77. The zero-order chi connectivity index (χ0) is 22.2. The van der Waals surface area contributed by atoms with E-state index in [0.717, 1.165) is 17.7 Å². The second kappa shape index (κ2) is 8.99. The molecule has 0 bridgehead atoms. The van der Waals surface area contributed by atoms with Gasteiger partial charge in [-0.05, 0) is 106 Å². The largest absolute Gasteiger partial charge is 0.354 e. The second-order valence-corrected chi connectivity index (χ2v) is 10.4. The lowest BCUT2D eigenvalue weighted by Gasteiger charge is -2.42. The number of aromatic amines is 1. The summed E-state index contributed by atoms with van der Waals surface area (Å²) in [6.45, 7) is 13.9. The Morgan fingerprint density at radius 2 is 1.88 bits per heavy atom. The number of piperidine rings is 2. The van der Waals surface area contributed by atoms with Gasteiger partial charge in [-0.1, -0.05) is 26.8 Å². The number of pyridine rings is 1. The van der Waals surface area contributed by atoms with Crippen LogP contribution in [0.4, 0.5) is 0 Å². The molecule has 2 N–H and O–H groups in total. The van der Waals surface area contributed by atoms with E-state index in [1.54, 1.807) is 0 Å². The Kier molecular flexibility index (Phi) is 6.09. The number of aryl methyl sites for hydroxylation is 1. The van der Waals surface area contributed by atoms with Crippen molar-refractivity contribution >= 4 is 10.9 Å². The van der Waals surface area contributed by atoms with Gasteiger partial charge in [-0.15, -0.1) is 0 Å². The lowest BCUT2D eigenvalue weighted by atomic mass is 9.85. The molecule has 0 radical (unpaired) electrons. The number of hydrogen-bond acceptors (Lipinski definition) is 3. The number of likely N-dealkylation sites (tertiary alicyclic amines) is 1. The van der Waals surface area contributed by atoms with Crippen molar-refractivity contribution in [3.05, 3.63) is 53.3 Å². The van der Waals surface area contributed by atoms with Crippen LogP contribution in [-0.4, -0.2) is 47.1 Å². The molecule has 2 aliphatic rings. The molecule has 2 aromatic heterocycles. The zero-order valence-corrected chi connectivity index (χ0v) is 20.1. The van der Waals surface area contributed by atoms with Crippen molar-refractivity contribution in [2.75, 3.05) is 26.2 Å². The van der Waals surface area contributed by atoms with Crippen molar-refractivity contribution in [1.82, 2.24) is 20.2 Å². The highest BCUT2D eigenvalue weighted by Crippen LogP contribution is 2.38. The Morgan fingerprint density at radius 1 is 1.06 bits per heavy atom. The molecule has 3 aromatic rings. The molecule has 32 heavy (non-hydrogen) atoms. The van der Waals surface area contributed by atoms with Gasteiger partial charge in [0.25, 0.3) is 0 Å². The lowest BCUT2D eigenvalue weighted by Crippen LogP contribution is -2.50. The third-order valence-corrected chi connectivity index (χ3v) is 7.84. The normalized spacial score (nSPS) is 23.3. The molecule has 0 spiro atoms. The predicted octanol–water partition coefficient (Wildman–Crippen LogP) is 5.84. The van der Waals surface area contributed by atoms with Gasteiger partial charge in [-0.25, -0.2) is 0 Å². The molecular formula is C28H38N4. The predicted molar refractivity (Wildman–Crippen MR) is 134 cm³/mol. The van der Waals surface area contributed by atoms with Gasteiger partial charge in [-0.2, -0.15) is 0 Å². The number of nitrogens with zero attached hydrogens (tertiary/aromatic N) is 2. The van der Waals surface area contributed by atoms with Gasteiger partial charge in [0.05, 0.1) is 5.69 Å². The van der Waals surface area contributed by atoms with E-state index in [-0.39, 0.29) is 0 Å². The molecule has 2 fully saturated rings. The summed E-state index contributed by atoms with van der Waals surface area (Å²) < 4.78 is 0. The van der Waals surface area contributed by atoms with E-state index < -0.39 is 0 Å². The minimum absolute atomic E-state index is 0.464. The molecule has 4 nitrogen and oxygen atoms in total. The summed E-state index contributed by atoms with van der Waals surface area (Å²) in [5, 5.41) is 4.95. The van der Waals surface area contributed by atoms with Crippen molar-refractivity contribution in [3.63, 3.8) is 0 Å². The first-order valence-electron chi connectivity index (χ1n) is 12.5. The molecule has 0 aliphatic carbocycles. The molecule has 4 heteroatoms. The maximum atomic E-state index is 4.39. The average Bonchev–Trinajstić information content (AvgIpc) is 3.19. The maximum absolute atomic E-state index is 4.39. The van der Waals surface area contributed by atoms with Crippen LogP contribution in [0.3, 0.4) is 0 Å². The zero-order valence-electron chi connectivity index (χ0n) is 20.1. The summed E-state index contributed by atoms with van der Waals surface area (Å²) in [6, 6.07) is 12.3. The fourth-order valence-electron chi connectivity index (χ4n) is 6.12. The molecule has 4 heterocycles. The number of rotatable bonds is 4. The number of benzene rings is 1. The Labute approximate surface area is 192 Å². The van der Waals surface area contributed by atoms with Crippen LogP contribution in [0.5, 0.6) is 0 Å². The molecule has 2 unspecified atom stereocenters. The van der Waals surface area contributed by atoms with Crippen LogP contribution >= 0.6 is 0 Å². The number of aromatic nitrogens is 2. The van der Waals surface area contributed by atoms with Crippen molar-refractivity contribution in [3.8, 4) is 11.3 Å². The Hall–Kier alpha value is -2.17. The topological polar surface area (TPSA) is 44.0 Å². The van der Waals surface area contributed by atoms with E-state index in [0.29, 0.717) is 11.8 Å². The minimum atomic E-state index is 0.464. The quantitative estimate of drug-likeness (QED) is 0.546. The fourth-order valence-corrected chi connectivity index (χ4v) is 6.12. The van der Waals surface area contributed by atoms with E-state index in [1.807, 2.05) is 6.20 Å². The van der Waals surface area contributed by atoms with Gasteiger partial charge in [0.1, 0.15) is 0 Å². The molecule has 2 saturated heterocycles. The van der Waals surface area contributed by atoms with Gasteiger partial charge in [0.15, 0.2) is 0 Å². The van der Waals surface area contributed by atoms with E-state index in [4.69, 9.17) is 0 Å². The van der Waals surface area contributed by atoms with Gasteiger partial charge in [0, 0.05) is 34.4 Å². The third kappa shape index (κ3) is 4.11. The Morgan fingerprint density at radius 3 is 2.59 bits per heavy atom. The number of nitrogens with one attached hydrogen (secondary N) is 2. The highest BCUT2D eigenvalue weighted by molar-refractivity contribution is 5.92. The maximum Gasteiger partial charge on any atom is 0.0501 e. The van der Waals surface area contributed by atoms with Crippen LogP contribution in [0.25, 0.3) is 22.2 Å². The van der Waals surface area contributed by atoms with E-state index in [2.05, 4.69) is 78.2 Å². The molecule has 0 amide bonds. The molecule has 1 aromatic carbocycles. The Bertz CT molecular complexity index is 1070. The summed E-state index contributed by atoms with van der Waals surface area (Å²) >= 11 is 0. The first kappa shape index (κ1) is 21.7. The minimum Gasteiger partial charge on any atom is -0.354 e. The lowest BCUT2D eigenvalue weighted by molar-refractivity contribution is 0.0925.